The molecule has 2 fully saturated rings. The van der Waals surface area contributed by atoms with E-state index in [9.17, 15) is 0 Å². The molecule has 0 unspecified atom stereocenters. The Morgan fingerprint density at radius 3 is 2.76 bits per heavy atom. The van der Waals surface area contributed by atoms with Crippen LogP contribution in [0.25, 0.3) is 0 Å². The van der Waals surface area contributed by atoms with Crippen LogP contribution in [0.2, 0.25) is 0 Å². The molecule has 140 valence electrons. The molecule has 0 radical (unpaired) electrons. The second kappa shape index (κ2) is 10.0. The lowest BCUT2D eigenvalue weighted by atomic mass is 10.1. The molecule has 1 saturated carbocycles. The Morgan fingerprint density at radius 2 is 2.08 bits per heavy atom. The maximum Gasteiger partial charge on any atom is 0.191 e. The van der Waals surface area contributed by atoms with E-state index in [2.05, 4.69) is 38.0 Å². The van der Waals surface area contributed by atoms with Crippen LogP contribution in [0.5, 0.6) is 0 Å². The van der Waals surface area contributed by atoms with Gasteiger partial charge >= 0.3 is 0 Å². The molecular formula is C19H32N4OS. The number of nitrogens with one attached hydrogen (secondary N) is 2. The lowest BCUT2D eigenvalue weighted by Gasteiger charge is -2.33. The van der Waals surface area contributed by atoms with E-state index < -0.39 is 0 Å². The molecule has 1 aliphatic heterocycles. The topological polar surface area (TPSA) is 48.9 Å². The molecule has 1 aliphatic carbocycles. The number of rotatable bonds is 7. The van der Waals surface area contributed by atoms with Crippen molar-refractivity contribution in [1.29, 1.82) is 0 Å². The second-order valence-corrected chi connectivity index (χ2v) is 7.91. The number of ether oxygens (including phenoxy) is 1. The highest BCUT2D eigenvalue weighted by molar-refractivity contribution is 7.14. The van der Waals surface area contributed by atoms with Crippen molar-refractivity contribution in [3.63, 3.8) is 0 Å². The van der Waals surface area contributed by atoms with Crippen molar-refractivity contribution in [3.8, 4) is 0 Å². The molecule has 1 saturated heterocycles. The van der Waals surface area contributed by atoms with Crippen LogP contribution < -0.4 is 15.5 Å². The fourth-order valence-corrected chi connectivity index (χ4v) is 4.45. The van der Waals surface area contributed by atoms with E-state index >= 15 is 0 Å². The Bertz CT molecular complexity index is 506. The average molecular weight is 365 g/mol. The highest BCUT2D eigenvalue weighted by Crippen LogP contribution is 2.24. The lowest BCUT2D eigenvalue weighted by Crippen LogP contribution is -2.48. The quantitative estimate of drug-likeness (QED) is 0.443. The Morgan fingerprint density at radius 1 is 1.28 bits per heavy atom. The van der Waals surface area contributed by atoms with Gasteiger partial charge in [-0.05, 0) is 49.6 Å². The van der Waals surface area contributed by atoms with Crippen molar-refractivity contribution >= 4 is 22.3 Å². The molecule has 1 aromatic rings. The van der Waals surface area contributed by atoms with Crippen molar-refractivity contribution in [1.82, 2.24) is 10.6 Å². The van der Waals surface area contributed by atoms with Gasteiger partial charge in [-0.15, -0.1) is 11.3 Å². The van der Waals surface area contributed by atoms with Gasteiger partial charge in [0.25, 0.3) is 0 Å². The number of anilines is 1. The standard InChI is InChI=1S/C19H32N4OS/c1-20-19(21-11-5-14-24-17-6-2-3-7-17)22-16-9-12-23(13-10-16)18-8-4-15-25-18/h4,8,15-17H,2-3,5-7,9-14H2,1H3,(H2,20,21,22). The van der Waals surface area contributed by atoms with Crippen LogP contribution >= 0.6 is 11.3 Å². The van der Waals surface area contributed by atoms with Crippen LogP contribution in [-0.4, -0.2) is 51.4 Å². The SMILES string of the molecule is CN=C(NCCCOC1CCCC1)NC1CCN(c2cccs2)CC1. The summed E-state index contributed by atoms with van der Waals surface area (Å²) in [6, 6.07) is 4.86. The first-order valence-electron chi connectivity index (χ1n) is 9.72. The minimum absolute atomic E-state index is 0.511. The summed E-state index contributed by atoms with van der Waals surface area (Å²) in [6.45, 7) is 4.00. The molecule has 2 N–H and O–H groups in total. The van der Waals surface area contributed by atoms with Gasteiger partial charge in [0.2, 0.25) is 0 Å². The number of guanidine groups is 1. The van der Waals surface area contributed by atoms with Gasteiger partial charge in [-0.25, -0.2) is 0 Å². The Labute approximate surface area is 155 Å². The van der Waals surface area contributed by atoms with E-state index in [4.69, 9.17) is 4.74 Å². The van der Waals surface area contributed by atoms with E-state index in [0.717, 1.165) is 51.5 Å². The van der Waals surface area contributed by atoms with Crippen LogP contribution in [0.3, 0.4) is 0 Å². The van der Waals surface area contributed by atoms with Gasteiger partial charge in [0.1, 0.15) is 0 Å². The molecule has 0 aromatic carbocycles. The van der Waals surface area contributed by atoms with E-state index in [1.807, 2.05) is 18.4 Å². The summed E-state index contributed by atoms with van der Waals surface area (Å²) in [5.41, 5.74) is 0. The van der Waals surface area contributed by atoms with Gasteiger partial charge in [0.15, 0.2) is 5.96 Å². The molecule has 5 nitrogen and oxygen atoms in total. The van der Waals surface area contributed by atoms with Gasteiger partial charge < -0.3 is 20.3 Å². The first kappa shape index (κ1) is 18.5. The zero-order valence-electron chi connectivity index (χ0n) is 15.4. The third-order valence-corrected chi connectivity index (χ3v) is 6.08. The molecule has 1 aromatic heterocycles. The first-order valence-corrected chi connectivity index (χ1v) is 10.6. The van der Waals surface area contributed by atoms with Crippen molar-refractivity contribution < 1.29 is 4.74 Å². The van der Waals surface area contributed by atoms with Gasteiger partial charge in [-0.3, -0.25) is 4.99 Å². The minimum atomic E-state index is 0.511. The van der Waals surface area contributed by atoms with Crippen LogP contribution in [-0.2, 0) is 4.74 Å². The van der Waals surface area contributed by atoms with Gasteiger partial charge in [-0.2, -0.15) is 0 Å². The monoisotopic (exact) mass is 364 g/mol. The van der Waals surface area contributed by atoms with E-state index in [0.29, 0.717) is 12.1 Å². The number of hydrogen-bond acceptors (Lipinski definition) is 4. The number of piperidine rings is 1. The van der Waals surface area contributed by atoms with Crippen LogP contribution in [0.15, 0.2) is 22.5 Å². The number of hydrogen-bond donors (Lipinski definition) is 2. The molecule has 25 heavy (non-hydrogen) atoms. The summed E-state index contributed by atoms with van der Waals surface area (Å²) >= 11 is 1.83. The molecule has 3 rings (SSSR count). The fraction of sp³-hybridized carbons (Fsp3) is 0.737. The summed E-state index contributed by atoms with van der Waals surface area (Å²) in [7, 11) is 1.85. The van der Waals surface area contributed by atoms with Gasteiger partial charge in [0.05, 0.1) is 11.1 Å². The summed E-state index contributed by atoms with van der Waals surface area (Å²) < 4.78 is 5.91. The number of nitrogens with zero attached hydrogens (tertiary/aromatic N) is 2. The summed E-state index contributed by atoms with van der Waals surface area (Å²) in [4.78, 5) is 6.85. The molecule has 0 amide bonds. The predicted molar refractivity (Wildman–Crippen MR) is 107 cm³/mol. The summed E-state index contributed by atoms with van der Waals surface area (Å²) in [5, 5.41) is 10.6. The summed E-state index contributed by atoms with van der Waals surface area (Å²) in [5.74, 6) is 0.926. The Hall–Kier alpha value is -1.27. The largest absolute Gasteiger partial charge is 0.378 e. The van der Waals surface area contributed by atoms with Crippen LogP contribution in [0.1, 0.15) is 44.9 Å². The van der Waals surface area contributed by atoms with Crippen molar-refractivity contribution in [2.24, 2.45) is 4.99 Å². The van der Waals surface area contributed by atoms with E-state index in [-0.39, 0.29) is 0 Å². The Balaban J connectivity index is 1.28. The van der Waals surface area contributed by atoms with Crippen LogP contribution in [0.4, 0.5) is 5.00 Å². The second-order valence-electron chi connectivity index (χ2n) is 6.99. The molecule has 0 atom stereocenters. The molecule has 2 aliphatic rings. The highest BCUT2D eigenvalue weighted by atomic mass is 32.1. The molecule has 6 heteroatoms. The molecule has 0 spiro atoms. The maximum absolute atomic E-state index is 5.91. The normalized spacial score (nSPS) is 20.2. The van der Waals surface area contributed by atoms with Crippen molar-refractivity contribution in [2.45, 2.75) is 57.1 Å². The average Bonchev–Trinajstić information content (AvgIpc) is 3.35. The molecular weight excluding hydrogens is 332 g/mol. The minimum Gasteiger partial charge on any atom is -0.378 e. The van der Waals surface area contributed by atoms with E-state index in [1.54, 1.807) is 0 Å². The molecule has 2 heterocycles. The highest BCUT2D eigenvalue weighted by Gasteiger charge is 2.20. The molecule has 0 bridgehead atoms. The number of thiophene rings is 1. The smallest absolute Gasteiger partial charge is 0.191 e. The third kappa shape index (κ3) is 5.89. The zero-order valence-corrected chi connectivity index (χ0v) is 16.2. The van der Waals surface area contributed by atoms with Crippen LogP contribution in [0, 0.1) is 0 Å². The zero-order chi connectivity index (χ0) is 17.3. The van der Waals surface area contributed by atoms with Gasteiger partial charge in [-0.1, -0.05) is 12.8 Å². The van der Waals surface area contributed by atoms with Gasteiger partial charge in [0, 0.05) is 39.3 Å². The van der Waals surface area contributed by atoms with Crippen molar-refractivity contribution in [3.05, 3.63) is 17.5 Å². The number of aliphatic imine (C=N–C) groups is 1. The first-order chi connectivity index (χ1) is 12.3. The van der Waals surface area contributed by atoms with E-state index in [1.165, 1.54) is 30.7 Å². The van der Waals surface area contributed by atoms with Crippen molar-refractivity contribution in [2.75, 3.05) is 38.2 Å². The fourth-order valence-electron chi connectivity index (χ4n) is 3.67. The predicted octanol–water partition coefficient (Wildman–Crippen LogP) is 3.23. The summed E-state index contributed by atoms with van der Waals surface area (Å²) in [6.07, 6.45) is 9.05. The maximum atomic E-state index is 5.91. The third-order valence-electron chi connectivity index (χ3n) is 5.15. The Kier molecular flexibility index (Phi) is 7.42. The lowest BCUT2D eigenvalue weighted by molar-refractivity contribution is 0.0574.